The molecule has 0 aliphatic carbocycles. The number of nitrogens with zero attached hydrogens (tertiary/aromatic N) is 3. The molecule has 2 aromatic carbocycles. The van der Waals surface area contributed by atoms with Gasteiger partial charge in [-0.1, -0.05) is 60.7 Å². The Labute approximate surface area is 188 Å². The van der Waals surface area contributed by atoms with Crippen LogP contribution < -0.4 is 15.8 Å². The van der Waals surface area contributed by atoms with Crippen LogP contribution in [0.2, 0.25) is 0 Å². The molecule has 0 spiro atoms. The standard InChI is InChI=1S/C26H30N4O2/c31-25(27-16-13-21-7-3-1-4-8-21)20-30-26(32)12-11-24(28-30)29-17-14-23(15-18-29)19-22-9-5-2-6-10-22/h1-12,23H,13-20H2,(H,27,31). The van der Waals surface area contributed by atoms with E-state index in [1.165, 1.54) is 21.9 Å². The van der Waals surface area contributed by atoms with Gasteiger partial charge in [0, 0.05) is 25.7 Å². The van der Waals surface area contributed by atoms with E-state index in [2.05, 4.69) is 45.6 Å². The second-order valence-electron chi connectivity index (χ2n) is 8.39. The van der Waals surface area contributed by atoms with Gasteiger partial charge in [0.05, 0.1) is 0 Å². The molecule has 6 heteroatoms. The Balaban J connectivity index is 1.28. The highest BCUT2D eigenvalue weighted by molar-refractivity contribution is 5.75. The highest BCUT2D eigenvalue weighted by atomic mass is 16.2. The van der Waals surface area contributed by atoms with Gasteiger partial charge in [0.1, 0.15) is 12.4 Å². The molecular weight excluding hydrogens is 400 g/mol. The van der Waals surface area contributed by atoms with Crippen LogP contribution in [0.4, 0.5) is 5.82 Å². The molecule has 1 amide bonds. The summed E-state index contributed by atoms with van der Waals surface area (Å²) in [5.41, 5.74) is 2.29. The third-order valence-electron chi connectivity index (χ3n) is 6.03. The Bertz CT molecular complexity index is 1060. The second kappa shape index (κ2) is 10.8. The summed E-state index contributed by atoms with van der Waals surface area (Å²) in [6.07, 6.45) is 4.04. The summed E-state index contributed by atoms with van der Waals surface area (Å²) in [4.78, 5) is 26.8. The molecule has 0 saturated carbocycles. The van der Waals surface area contributed by atoms with E-state index in [0.717, 1.165) is 44.6 Å². The van der Waals surface area contributed by atoms with Gasteiger partial charge < -0.3 is 10.2 Å². The lowest BCUT2D eigenvalue weighted by Crippen LogP contribution is -2.38. The van der Waals surface area contributed by atoms with Crippen LogP contribution in [0, 0.1) is 5.92 Å². The van der Waals surface area contributed by atoms with Crippen LogP contribution in [-0.2, 0) is 24.2 Å². The smallest absolute Gasteiger partial charge is 0.267 e. The number of rotatable bonds is 8. The summed E-state index contributed by atoms with van der Waals surface area (Å²) in [5.74, 6) is 1.23. The molecule has 1 N–H and O–H groups in total. The first-order valence-corrected chi connectivity index (χ1v) is 11.3. The quantitative estimate of drug-likeness (QED) is 0.597. The molecule has 1 aliphatic rings. The average molecular weight is 431 g/mol. The number of benzene rings is 2. The largest absolute Gasteiger partial charge is 0.355 e. The number of carbonyl (C=O) groups excluding carboxylic acids is 1. The Morgan fingerprint density at radius 2 is 1.56 bits per heavy atom. The van der Waals surface area contributed by atoms with Crippen LogP contribution >= 0.6 is 0 Å². The summed E-state index contributed by atoms with van der Waals surface area (Å²) < 4.78 is 1.27. The molecule has 3 aromatic rings. The minimum Gasteiger partial charge on any atom is -0.355 e. The fourth-order valence-electron chi connectivity index (χ4n) is 4.22. The normalized spacial score (nSPS) is 14.3. The highest BCUT2D eigenvalue weighted by Crippen LogP contribution is 2.24. The summed E-state index contributed by atoms with van der Waals surface area (Å²) in [6, 6.07) is 23.9. The maximum Gasteiger partial charge on any atom is 0.267 e. The Morgan fingerprint density at radius 1 is 0.906 bits per heavy atom. The van der Waals surface area contributed by atoms with Gasteiger partial charge >= 0.3 is 0 Å². The molecule has 1 fully saturated rings. The summed E-state index contributed by atoms with van der Waals surface area (Å²) in [5, 5.41) is 7.36. The zero-order chi connectivity index (χ0) is 22.2. The molecule has 0 radical (unpaired) electrons. The molecule has 1 saturated heterocycles. The van der Waals surface area contributed by atoms with E-state index in [4.69, 9.17) is 0 Å². The van der Waals surface area contributed by atoms with E-state index in [9.17, 15) is 9.59 Å². The predicted octanol–water partition coefficient (Wildman–Crippen LogP) is 3.06. The first-order valence-electron chi connectivity index (χ1n) is 11.3. The van der Waals surface area contributed by atoms with Crippen molar-refractivity contribution in [3.8, 4) is 0 Å². The van der Waals surface area contributed by atoms with Crippen LogP contribution in [0.15, 0.2) is 77.6 Å². The van der Waals surface area contributed by atoms with Crippen molar-refractivity contribution in [2.45, 2.75) is 32.2 Å². The monoisotopic (exact) mass is 430 g/mol. The lowest BCUT2D eigenvalue weighted by Gasteiger charge is -2.33. The molecule has 1 aromatic heterocycles. The Morgan fingerprint density at radius 3 is 2.25 bits per heavy atom. The van der Waals surface area contributed by atoms with Crippen molar-refractivity contribution >= 4 is 11.7 Å². The van der Waals surface area contributed by atoms with Crippen molar-refractivity contribution in [2.75, 3.05) is 24.5 Å². The van der Waals surface area contributed by atoms with E-state index in [-0.39, 0.29) is 18.0 Å². The minimum absolute atomic E-state index is 0.0636. The molecule has 1 aliphatic heterocycles. The van der Waals surface area contributed by atoms with Crippen molar-refractivity contribution in [1.29, 1.82) is 0 Å². The predicted molar refractivity (Wildman–Crippen MR) is 127 cm³/mol. The van der Waals surface area contributed by atoms with Gasteiger partial charge in [0.15, 0.2) is 0 Å². The van der Waals surface area contributed by atoms with Gasteiger partial charge in [-0.25, -0.2) is 4.68 Å². The maximum atomic E-state index is 12.3. The fourth-order valence-corrected chi connectivity index (χ4v) is 4.22. The number of anilines is 1. The number of aromatic nitrogens is 2. The average Bonchev–Trinajstić information content (AvgIpc) is 2.82. The number of amides is 1. The SMILES string of the molecule is O=C(Cn1nc(N2CCC(Cc3ccccc3)CC2)ccc1=O)NCCc1ccccc1. The van der Waals surface area contributed by atoms with Gasteiger partial charge in [0.2, 0.25) is 5.91 Å². The van der Waals surface area contributed by atoms with Gasteiger partial charge in [-0.3, -0.25) is 9.59 Å². The van der Waals surface area contributed by atoms with Gasteiger partial charge in [-0.05, 0) is 48.8 Å². The molecule has 0 unspecified atom stereocenters. The van der Waals surface area contributed by atoms with Gasteiger partial charge in [-0.15, -0.1) is 0 Å². The van der Waals surface area contributed by atoms with E-state index in [0.29, 0.717) is 12.5 Å². The van der Waals surface area contributed by atoms with Gasteiger partial charge in [-0.2, -0.15) is 5.10 Å². The molecule has 4 rings (SSSR count). The first kappa shape index (κ1) is 21.8. The van der Waals surface area contributed by atoms with Crippen LogP contribution in [0.25, 0.3) is 0 Å². The van der Waals surface area contributed by atoms with Crippen LogP contribution in [-0.4, -0.2) is 35.3 Å². The van der Waals surface area contributed by atoms with Gasteiger partial charge in [0.25, 0.3) is 5.56 Å². The van der Waals surface area contributed by atoms with E-state index in [1.807, 2.05) is 30.3 Å². The summed E-state index contributed by atoms with van der Waals surface area (Å²) in [6.45, 7) is 2.29. The molecule has 2 heterocycles. The molecule has 32 heavy (non-hydrogen) atoms. The second-order valence-corrected chi connectivity index (χ2v) is 8.39. The number of hydrogen-bond donors (Lipinski definition) is 1. The minimum atomic E-state index is -0.258. The Kier molecular flexibility index (Phi) is 7.33. The summed E-state index contributed by atoms with van der Waals surface area (Å²) in [7, 11) is 0. The zero-order valence-electron chi connectivity index (χ0n) is 18.3. The highest BCUT2D eigenvalue weighted by Gasteiger charge is 2.21. The van der Waals surface area contributed by atoms with Crippen molar-refractivity contribution < 1.29 is 4.79 Å². The van der Waals surface area contributed by atoms with Crippen LogP contribution in [0.5, 0.6) is 0 Å². The number of carbonyl (C=O) groups is 1. The molecule has 0 bridgehead atoms. The van der Waals surface area contributed by atoms with Crippen molar-refractivity contribution in [3.05, 3.63) is 94.3 Å². The first-order chi connectivity index (χ1) is 15.7. The van der Waals surface area contributed by atoms with Crippen LogP contribution in [0.1, 0.15) is 24.0 Å². The van der Waals surface area contributed by atoms with Crippen LogP contribution in [0.3, 0.4) is 0 Å². The van der Waals surface area contributed by atoms with Crippen molar-refractivity contribution in [3.63, 3.8) is 0 Å². The lowest BCUT2D eigenvalue weighted by atomic mass is 9.90. The Hall–Kier alpha value is -3.41. The van der Waals surface area contributed by atoms with Crippen molar-refractivity contribution in [2.24, 2.45) is 5.92 Å². The third kappa shape index (κ3) is 6.06. The molecule has 166 valence electrons. The number of nitrogens with one attached hydrogen (secondary N) is 1. The molecule has 6 nitrogen and oxygen atoms in total. The summed E-state index contributed by atoms with van der Waals surface area (Å²) >= 11 is 0. The third-order valence-corrected chi connectivity index (χ3v) is 6.03. The number of piperidine rings is 1. The van der Waals surface area contributed by atoms with E-state index in [1.54, 1.807) is 6.07 Å². The van der Waals surface area contributed by atoms with E-state index < -0.39 is 0 Å². The molecule has 0 atom stereocenters. The topological polar surface area (TPSA) is 67.2 Å². The fraction of sp³-hybridized carbons (Fsp3) is 0.346. The zero-order valence-corrected chi connectivity index (χ0v) is 18.3. The van der Waals surface area contributed by atoms with E-state index >= 15 is 0 Å². The number of hydrogen-bond acceptors (Lipinski definition) is 4. The molecular formula is C26H30N4O2. The maximum absolute atomic E-state index is 12.3. The van der Waals surface area contributed by atoms with Crippen molar-refractivity contribution in [1.82, 2.24) is 15.1 Å². The lowest BCUT2D eigenvalue weighted by molar-refractivity contribution is -0.121.